The average Bonchev–Trinajstić information content (AvgIpc) is 2.71. The maximum Gasteiger partial charge on any atom is 0.291 e. The van der Waals surface area contributed by atoms with E-state index in [0.29, 0.717) is 17.1 Å². The third-order valence-electron chi connectivity index (χ3n) is 4.48. The highest BCUT2D eigenvalue weighted by Crippen LogP contribution is 2.29. The molecule has 30 heavy (non-hydrogen) atoms. The molecule has 1 aromatic heterocycles. The molecular formula is C21H18BrF2N3O3. The Morgan fingerprint density at radius 2 is 1.93 bits per heavy atom. The van der Waals surface area contributed by atoms with Crippen LogP contribution in [0.2, 0.25) is 0 Å². The molecule has 0 bridgehead atoms. The molecule has 6 nitrogen and oxygen atoms in total. The van der Waals surface area contributed by atoms with Crippen molar-refractivity contribution in [3.05, 3.63) is 85.4 Å². The summed E-state index contributed by atoms with van der Waals surface area (Å²) in [5, 5.41) is 2.56. The number of amides is 1. The minimum atomic E-state index is -0.761. The maximum absolute atomic E-state index is 14.0. The van der Waals surface area contributed by atoms with E-state index in [0.717, 1.165) is 17.7 Å². The highest BCUT2D eigenvalue weighted by atomic mass is 79.9. The van der Waals surface area contributed by atoms with Gasteiger partial charge in [-0.3, -0.25) is 14.2 Å². The number of hydrogen-bond acceptors (Lipinski definition) is 4. The van der Waals surface area contributed by atoms with Crippen molar-refractivity contribution in [3.8, 4) is 11.6 Å². The van der Waals surface area contributed by atoms with Crippen LogP contribution in [0.3, 0.4) is 0 Å². The van der Waals surface area contributed by atoms with Gasteiger partial charge in [-0.15, -0.1) is 0 Å². The first-order valence-corrected chi connectivity index (χ1v) is 9.71. The normalized spacial score (nSPS) is 10.7. The fourth-order valence-corrected chi connectivity index (χ4v) is 3.30. The van der Waals surface area contributed by atoms with Gasteiger partial charge in [0.1, 0.15) is 28.5 Å². The Balaban J connectivity index is 2.13. The van der Waals surface area contributed by atoms with E-state index in [2.05, 4.69) is 26.2 Å². The minimum absolute atomic E-state index is 0.0420. The van der Waals surface area contributed by atoms with Crippen molar-refractivity contribution >= 4 is 21.8 Å². The van der Waals surface area contributed by atoms with Gasteiger partial charge in [0, 0.05) is 24.2 Å². The van der Waals surface area contributed by atoms with Gasteiger partial charge in [-0.1, -0.05) is 6.07 Å². The number of benzene rings is 2. The summed E-state index contributed by atoms with van der Waals surface area (Å²) in [5.74, 6) is -1.33. The molecule has 0 fully saturated rings. The summed E-state index contributed by atoms with van der Waals surface area (Å²) in [7, 11) is 1.52. The van der Waals surface area contributed by atoms with Gasteiger partial charge in [-0.05, 0) is 59.6 Å². The van der Waals surface area contributed by atoms with Crippen LogP contribution in [0.15, 0.2) is 45.7 Å². The van der Waals surface area contributed by atoms with Crippen LogP contribution >= 0.6 is 15.9 Å². The number of nitrogens with one attached hydrogen (secondary N) is 1. The van der Waals surface area contributed by atoms with Crippen LogP contribution in [0.25, 0.3) is 5.69 Å². The smallest absolute Gasteiger partial charge is 0.291 e. The van der Waals surface area contributed by atoms with Crippen LogP contribution < -0.4 is 15.6 Å². The predicted octanol–water partition coefficient (Wildman–Crippen LogP) is 3.83. The van der Waals surface area contributed by atoms with Crippen molar-refractivity contribution < 1.29 is 18.3 Å². The number of nitrogens with zero attached hydrogens (tertiary/aromatic N) is 2. The van der Waals surface area contributed by atoms with E-state index < -0.39 is 17.2 Å². The summed E-state index contributed by atoms with van der Waals surface area (Å²) >= 11 is 3.20. The van der Waals surface area contributed by atoms with Crippen molar-refractivity contribution in [1.29, 1.82) is 0 Å². The number of hydrogen-bond donors (Lipinski definition) is 1. The Morgan fingerprint density at radius 3 is 2.60 bits per heavy atom. The van der Waals surface area contributed by atoms with Crippen LogP contribution in [0.5, 0.6) is 5.88 Å². The molecule has 0 atom stereocenters. The number of halogens is 3. The predicted molar refractivity (Wildman–Crippen MR) is 111 cm³/mol. The van der Waals surface area contributed by atoms with Crippen molar-refractivity contribution in [2.75, 3.05) is 7.05 Å². The molecule has 0 spiro atoms. The SMILES string of the molecule is CNC(=O)c1ccc(C)c(-n2c(C)nc(=O)c(Br)c2OCc2ccc(F)cc2F)c1. The first-order chi connectivity index (χ1) is 14.2. The van der Waals surface area contributed by atoms with Crippen molar-refractivity contribution in [2.24, 2.45) is 0 Å². The quantitative estimate of drug-likeness (QED) is 0.605. The second-order valence-electron chi connectivity index (χ2n) is 6.52. The molecule has 0 saturated carbocycles. The van der Waals surface area contributed by atoms with Crippen LogP contribution in [0.4, 0.5) is 8.78 Å². The minimum Gasteiger partial charge on any atom is -0.473 e. The fraction of sp³-hybridized carbons (Fsp3) is 0.190. The lowest BCUT2D eigenvalue weighted by atomic mass is 10.1. The zero-order chi connectivity index (χ0) is 22.0. The third kappa shape index (κ3) is 4.25. The molecule has 2 aromatic carbocycles. The molecule has 1 heterocycles. The standard InChI is InChI=1S/C21H18BrF2N3O3/c1-11-4-5-13(19(28)25-3)8-17(11)27-12(2)26-20(29)18(22)21(27)30-10-14-6-7-15(23)9-16(14)24/h4-9H,10H2,1-3H3,(H,25,28). The lowest BCUT2D eigenvalue weighted by Crippen LogP contribution is -2.21. The van der Waals surface area contributed by atoms with E-state index in [4.69, 9.17) is 4.74 Å². The van der Waals surface area contributed by atoms with Crippen molar-refractivity contribution in [1.82, 2.24) is 14.9 Å². The Bertz CT molecular complexity index is 1190. The summed E-state index contributed by atoms with van der Waals surface area (Å²) in [6.07, 6.45) is 0. The fourth-order valence-electron chi connectivity index (χ4n) is 2.91. The lowest BCUT2D eigenvalue weighted by Gasteiger charge is -2.20. The number of carbonyl (C=O) groups is 1. The Labute approximate surface area is 179 Å². The average molecular weight is 478 g/mol. The first kappa shape index (κ1) is 21.6. The van der Waals surface area contributed by atoms with E-state index in [1.165, 1.54) is 13.1 Å². The molecule has 1 N–H and O–H groups in total. The second kappa shape index (κ2) is 8.74. The Morgan fingerprint density at radius 1 is 1.20 bits per heavy atom. The Kier molecular flexibility index (Phi) is 6.31. The van der Waals surface area contributed by atoms with E-state index in [-0.39, 0.29) is 28.4 Å². The number of ether oxygens (including phenoxy) is 1. The molecule has 9 heteroatoms. The summed E-state index contributed by atoms with van der Waals surface area (Å²) in [5.41, 5.74) is 1.33. The zero-order valence-electron chi connectivity index (χ0n) is 16.4. The summed E-state index contributed by atoms with van der Waals surface area (Å²) in [4.78, 5) is 28.3. The first-order valence-electron chi connectivity index (χ1n) is 8.92. The lowest BCUT2D eigenvalue weighted by molar-refractivity contribution is 0.0963. The second-order valence-corrected chi connectivity index (χ2v) is 7.32. The van der Waals surface area contributed by atoms with Crippen LogP contribution in [-0.4, -0.2) is 22.5 Å². The van der Waals surface area contributed by atoms with Crippen LogP contribution in [-0.2, 0) is 6.61 Å². The van der Waals surface area contributed by atoms with Crippen LogP contribution in [0.1, 0.15) is 27.3 Å². The van der Waals surface area contributed by atoms with Gasteiger partial charge in [-0.25, -0.2) is 8.78 Å². The van der Waals surface area contributed by atoms with Gasteiger partial charge < -0.3 is 10.1 Å². The summed E-state index contributed by atoms with van der Waals surface area (Å²) < 4.78 is 34.6. The molecule has 0 saturated heterocycles. The topological polar surface area (TPSA) is 73.2 Å². The molecule has 3 rings (SSSR count). The van der Waals surface area contributed by atoms with E-state index in [1.54, 1.807) is 29.7 Å². The number of aromatic nitrogens is 2. The molecule has 156 valence electrons. The summed E-state index contributed by atoms with van der Waals surface area (Å²) in [6, 6.07) is 8.23. The largest absolute Gasteiger partial charge is 0.473 e. The van der Waals surface area contributed by atoms with Gasteiger partial charge in [0.25, 0.3) is 11.5 Å². The summed E-state index contributed by atoms with van der Waals surface area (Å²) in [6.45, 7) is 3.20. The number of carbonyl (C=O) groups excluding carboxylic acids is 1. The molecule has 0 aliphatic heterocycles. The van der Waals surface area contributed by atoms with E-state index in [9.17, 15) is 18.4 Å². The molecule has 0 radical (unpaired) electrons. The zero-order valence-corrected chi connectivity index (χ0v) is 18.0. The maximum atomic E-state index is 14.0. The molecule has 1 amide bonds. The molecule has 0 aliphatic rings. The van der Waals surface area contributed by atoms with Gasteiger partial charge in [-0.2, -0.15) is 4.98 Å². The molecule has 0 aliphatic carbocycles. The molecule has 0 unspecified atom stereocenters. The van der Waals surface area contributed by atoms with E-state index >= 15 is 0 Å². The highest BCUT2D eigenvalue weighted by molar-refractivity contribution is 9.10. The Hall–Kier alpha value is -3.07. The van der Waals surface area contributed by atoms with E-state index in [1.807, 2.05) is 6.92 Å². The number of rotatable bonds is 5. The van der Waals surface area contributed by atoms with Gasteiger partial charge >= 0.3 is 0 Å². The number of aryl methyl sites for hydroxylation is 2. The van der Waals surface area contributed by atoms with Gasteiger partial charge in [0.15, 0.2) is 0 Å². The van der Waals surface area contributed by atoms with Crippen molar-refractivity contribution in [3.63, 3.8) is 0 Å². The molecule has 3 aromatic rings. The van der Waals surface area contributed by atoms with Crippen molar-refractivity contribution in [2.45, 2.75) is 20.5 Å². The molecular weight excluding hydrogens is 460 g/mol. The highest BCUT2D eigenvalue weighted by Gasteiger charge is 2.19. The van der Waals surface area contributed by atoms with Gasteiger partial charge in [0.05, 0.1) is 5.69 Å². The van der Waals surface area contributed by atoms with Gasteiger partial charge in [0.2, 0.25) is 5.88 Å². The third-order valence-corrected chi connectivity index (χ3v) is 5.16. The van der Waals surface area contributed by atoms with Crippen LogP contribution in [0, 0.1) is 25.5 Å². The monoisotopic (exact) mass is 477 g/mol.